The molecule has 0 radical (unpaired) electrons. The van der Waals surface area contributed by atoms with Crippen molar-refractivity contribution in [2.45, 2.75) is 26.7 Å². The number of nitrogens with zero attached hydrogens (tertiary/aromatic N) is 1. The highest BCUT2D eigenvalue weighted by Crippen LogP contribution is 2.40. The van der Waals surface area contributed by atoms with Crippen LogP contribution >= 0.6 is 0 Å². The fourth-order valence-corrected chi connectivity index (χ4v) is 4.10. The van der Waals surface area contributed by atoms with E-state index in [1.807, 2.05) is 99.7 Å². The summed E-state index contributed by atoms with van der Waals surface area (Å²) >= 11 is 0. The largest absolute Gasteiger partial charge is 0.389 e. The van der Waals surface area contributed by atoms with E-state index in [0.29, 0.717) is 5.57 Å². The predicted octanol–water partition coefficient (Wildman–Crippen LogP) is 5.51. The van der Waals surface area contributed by atoms with Crippen LogP contribution in [0.25, 0.3) is 16.9 Å². The molecule has 1 aliphatic rings. The minimum Gasteiger partial charge on any atom is -0.389 e. The number of cyclic esters (lactones) is 2. The molecule has 30 heavy (non-hydrogen) atoms. The van der Waals surface area contributed by atoms with Gasteiger partial charge < -0.3 is 9.30 Å². The van der Waals surface area contributed by atoms with Crippen LogP contribution < -0.4 is 0 Å². The third-order valence-corrected chi connectivity index (χ3v) is 5.46. The first-order valence-corrected chi connectivity index (χ1v) is 9.95. The lowest BCUT2D eigenvalue weighted by Crippen LogP contribution is -2.10. The molecule has 150 valence electrons. The highest BCUT2D eigenvalue weighted by atomic mass is 16.6. The van der Waals surface area contributed by atoms with Crippen LogP contribution in [0.2, 0.25) is 0 Å². The van der Waals surface area contributed by atoms with Gasteiger partial charge in [0.05, 0.1) is 11.3 Å². The molecule has 0 bridgehead atoms. The van der Waals surface area contributed by atoms with Gasteiger partial charge in [0.2, 0.25) is 0 Å². The van der Waals surface area contributed by atoms with Gasteiger partial charge in [0, 0.05) is 11.4 Å². The van der Waals surface area contributed by atoms with E-state index in [0.717, 1.165) is 33.8 Å². The van der Waals surface area contributed by atoms with Gasteiger partial charge in [0.15, 0.2) is 0 Å². The molecule has 0 amide bonds. The average molecular weight is 397 g/mol. The van der Waals surface area contributed by atoms with Gasteiger partial charge in [0.1, 0.15) is 5.92 Å². The van der Waals surface area contributed by atoms with Gasteiger partial charge in [-0.05, 0) is 55.7 Å². The minimum absolute atomic E-state index is 0.408. The SMILES string of the molecule is CC=C/C(C)=C1/C(=O)OC(=O)C1c1cc(-c2ccccc2)n(-c2ccccc2)c1C. The van der Waals surface area contributed by atoms with Crippen molar-refractivity contribution in [2.75, 3.05) is 0 Å². The molecule has 3 aromatic rings. The molecule has 4 nitrogen and oxygen atoms in total. The van der Waals surface area contributed by atoms with E-state index in [2.05, 4.69) is 4.57 Å². The Labute approximate surface area is 176 Å². The van der Waals surface area contributed by atoms with Crippen molar-refractivity contribution >= 4 is 11.9 Å². The van der Waals surface area contributed by atoms with Gasteiger partial charge in [-0.25, -0.2) is 4.79 Å². The summed E-state index contributed by atoms with van der Waals surface area (Å²) < 4.78 is 7.17. The maximum absolute atomic E-state index is 12.7. The Kier molecular flexibility index (Phi) is 5.23. The Hall–Kier alpha value is -3.66. The second-order valence-corrected chi connectivity index (χ2v) is 7.35. The average Bonchev–Trinajstić information content (AvgIpc) is 3.24. The minimum atomic E-state index is -0.735. The van der Waals surface area contributed by atoms with Gasteiger partial charge in [-0.3, -0.25) is 4.79 Å². The van der Waals surface area contributed by atoms with Crippen LogP contribution in [-0.2, 0) is 14.3 Å². The van der Waals surface area contributed by atoms with Crippen LogP contribution in [0.4, 0.5) is 0 Å². The van der Waals surface area contributed by atoms with E-state index in [1.54, 1.807) is 0 Å². The zero-order chi connectivity index (χ0) is 21.3. The second kappa shape index (κ2) is 7.99. The maximum atomic E-state index is 12.7. The number of hydrogen-bond donors (Lipinski definition) is 0. The van der Waals surface area contributed by atoms with Crippen molar-refractivity contribution in [3.8, 4) is 16.9 Å². The van der Waals surface area contributed by atoms with E-state index in [-0.39, 0.29) is 0 Å². The maximum Gasteiger partial charge on any atom is 0.343 e. The Morgan fingerprint density at radius 3 is 2.27 bits per heavy atom. The third kappa shape index (κ3) is 3.30. The molecule has 0 aliphatic carbocycles. The first-order valence-electron chi connectivity index (χ1n) is 9.95. The Balaban J connectivity index is 1.98. The first kappa shape index (κ1) is 19.6. The molecule has 0 spiro atoms. The predicted molar refractivity (Wildman–Crippen MR) is 117 cm³/mol. The van der Waals surface area contributed by atoms with Gasteiger partial charge in [-0.2, -0.15) is 0 Å². The zero-order valence-corrected chi connectivity index (χ0v) is 17.3. The standard InChI is InChI=1S/C26H23NO3/c1-4-11-17(2)23-24(26(29)30-25(23)28)21-16-22(19-12-7-5-8-13-19)27(18(21)3)20-14-9-6-10-15-20/h4-16,24H,1-3H3/b11-4?,23-17+. The summed E-state index contributed by atoms with van der Waals surface area (Å²) in [5, 5.41) is 0. The fourth-order valence-electron chi connectivity index (χ4n) is 4.10. The third-order valence-electron chi connectivity index (χ3n) is 5.46. The number of rotatable bonds is 4. The molecule has 1 aromatic heterocycles. The molecule has 2 aromatic carbocycles. The Morgan fingerprint density at radius 2 is 1.63 bits per heavy atom. The van der Waals surface area contributed by atoms with Crippen LogP contribution in [0.1, 0.15) is 31.0 Å². The van der Waals surface area contributed by atoms with Crippen molar-refractivity contribution < 1.29 is 14.3 Å². The molecule has 0 saturated carbocycles. The Bertz CT molecular complexity index is 1170. The normalized spacial score (nSPS) is 18.2. The zero-order valence-electron chi connectivity index (χ0n) is 17.3. The van der Waals surface area contributed by atoms with Crippen LogP contribution in [-0.4, -0.2) is 16.5 Å². The molecule has 0 N–H and O–H groups in total. The van der Waals surface area contributed by atoms with Crippen molar-refractivity contribution in [2.24, 2.45) is 0 Å². The van der Waals surface area contributed by atoms with E-state index in [4.69, 9.17) is 4.74 Å². The summed E-state index contributed by atoms with van der Waals surface area (Å²) in [5.41, 5.74) is 5.83. The molecule has 4 rings (SSSR count). The summed E-state index contributed by atoms with van der Waals surface area (Å²) in [6.07, 6.45) is 3.69. The van der Waals surface area contributed by atoms with Crippen LogP contribution in [0.15, 0.2) is 90.0 Å². The summed E-state index contributed by atoms with van der Waals surface area (Å²) in [6, 6.07) is 22.0. The molecule has 1 atom stereocenters. The smallest absolute Gasteiger partial charge is 0.343 e. The molecule has 1 saturated heterocycles. The Morgan fingerprint density at radius 1 is 1.00 bits per heavy atom. The number of para-hydroxylation sites is 1. The monoisotopic (exact) mass is 397 g/mol. The number of carbonyl (C=O) groups is 2. The van der Waals surface area contributed by atoms with E-state index in [1.165, 1.54) is 0 Å². The number of aromatic nitrogens is 1. The summed E-state index contributed by atoms with van der Waals surface area (Å²) in [6.45, 7) is 5.70. The number of benzene rings is 2. The first-order chi connectivity index (χ1) is 14.5. The lowest BCUT2D eigenvalue weighted by atomic mass is 9.89. The highest BCUT2D eigenvalue weighted by molar-refractivity contribution is 6.11. The topological polar surface area (TPSA) is 48.3 Å². The van der Waals surface area contributed by atoms with Gasteiger partial charge in [0.25, 0.3) is 0 Å². The molecule has 1 fully saturated rings. The quantitative estimate of drug-likeness (QED) is 0.331. The number of hydrogen-bond acceptors (Lipinski definition) is 3. The van der Waals surface area contributed by atoms with E-state index in [9.17, 15) is 9.59 Å². The van der Waals surface area contributed by atoms with Gasteiger partial charge >= 0.3 is 11.9 Å². The van der Waals surface area contributed by atoms with Gasteiger partial charge in [-0.1, -0.05) is 60.7 Å². The van der Waals surface area contributed by atoms with Gasteiger partial charge in [-0.15, -0.1) is 0 Å². The van der Waals surface area contributed by atoms with E-state index >= 15 is 0 Å². The number of esters is 2. The van der Waals surface area contributed by atoms with Crippen molar-refractivity contribution in [3.63, 3.8) is 0 Å². The molecule has 1 unspecified atom stereocenters. The number of ether oxygens (including phenoxy) is 1. The van der Waals surface area contributed by atoms with Crippen molar-refractivity contribution in [3.05, 3.63) is 101 Å². The lowest BCUT2D eigenvalue weighted by Gasteiger charge is -2.13. The van der Waals surface area contributed by atoms with E-state index < -0.39 is 17.9 Å². The molecular formula is C26H23NO3. The fraction of sp³-hybridized carbons (Fsp3) is 0.154. The molecule has 1 aliphatic heterocycles. The van der Waals surface area contributed by atoms with Crippen LogP contribution in [0.5, 0.6) is 0 Å². The van der Waals surface area contributed by atoms with Crippen molar-refractivity contribution in [1.29, 1.82) is 0 Å². The molecular weight excluding hydrogens is 374 g/mol. The van der Waals surface area contributed by atoms with Crippen LogP contribution in [0, 0.1) is 6.92 Å². The number of allylic oxidation sites excluding steroid dienone is 3. The molecule has 4 heteroatoms. The highest BCUT2D eigenvalue weighted by Gasteiger charge is 2.43. The second-order valence-electron chi connectivity index (χ2n) is 7.35. The lowest BCUT2D eigenvalue weighted by molar-refractivity contribution is -0.151. The van der Waals surface area contributed by atoms with Crippen molar-refractivity contribution in [1.82, 2.24) is 4.57 Å². The number of carbonyl (C=O) groups excluding carboxylic acids is 2. The summed E-state index contributed by atoms with van der Waals surface area (Å²) in [4.78, 5) is 25.2. The summed E-state index contributed by atoms with van der Waals surface area (Å²) in [5.74, 6) is -1.82. The molecule has 2 heterocycles. The summed E-state index contributed by atoms with van der Waals surface area (Å²) in [7, 11) is 0. The van der Waals surface area contributed by atoms with Crippen LogP contribution in [0.3, 0.4) is 0 Å².